The lowest BCUT2D eigenvalue weighted by Crippen LogP contribution is -2.34. The first-order valence-corrected chi connectivity index (χ1v) is 7.96. The highest BCUT2D eigenvalue weighted by atomic mass is 32.1. The fraction of sp³-hybridized carbons (Fsp3) is 0.267. The quantitative estimate of drug-likeness (QED) is 0.901. The van der Waals surface area contributed by atoms with Crippen molar-refractivity contribution >= 4 is 34.2 Å². The standard InChI is InChI=1S/C15H15N3O4S/c1-3-21-15(20)18-14-17-11(7-23-14)9-4-5-12-10(6-9)16-13(19)8(2)22-12/h4-8H,3H2,1-2H3,(H,16,19)(H,17,18,20). The Labute approximate surface area is 136 Å². The number of anilines is 2. The highest BCUT2D eigenvalue weighted by Gasteiger charge is 2.23. The Kier molecular flexibility index (Phi) is 4.16. The van der Waals surface area contributed by atoms with Gasteiger partial charge in [0.25, 0.3) is 5.91 Å². The zero-order chi connectivity index (χ0) is 16.4. The Balaban J connectivity index is 1.80. The van der Waals surface area contributed by atoms with Crippen molar-refractivity contribution in [3.63, 3.8) is 0 Å². The maximum absolute atomic E-state index is 11.7. The van der Waals surface area contributed by atoms with Crippen LogP contribution in [0.15, 0.2) is 23.6 Å². The topological polar surface area (TPSA) is 89.5 Å². The van der Waals surface area contributed by atoms with Crippen molar-refractivity contribution in [3.8, 4) is 17.0 Å². The van der Waals surface area contributed by atoms with E-state index in [1.807, 2.05) is 11.4 Å². The van der Waals surface area contributed by atoms with Crippen LogP contribution in [0.3, 0.4) is 0 Å². The van der Waals surface area contributed by atoms with Gasteiger partial charge < -0.3 is 14.8 Å². The molecule has 0 bridgehead atoms. The highest BCUT2D eigenvalue weighted by molar-refractivity contribution is 7.14. The molecule has 7 nitrogen and oxygen atoms in total. The Bertz CT molecular complexity index is 759. The molecule has 0 saturated carbocycles. The number of amides is 2. The zero-order valence-electron chi connectivity index (χ0n) is 12.6. The number of ether oxygens (including phenoxy) is 2. The molecule has 2 aromatic rings. The largest absolute Gasteiger partial charge is 0.479 e. The number of fused-ring (bicyclic) bond motifs is 1. The first kappa shape index (κ1) is 15.3. The Morgan fingerprint density at radius 1 is 1.52 bits per heavy atom. The molecular formula is C15H15N3O4S. The lowest BCUT2D eigenvalue weighted by atomic mass is 10.1. The number of nitrogens with zero attached hydrogens (tertiary/aromatic N) is 1. The van der Waals surface area contributed by atoms with Gasteiger partial charge in [-0.15, -0.1) is 11.3 Å². The van der Waals surface area contributed by atoms with Crippen molar-refractivity contribution < 1.29 is 19.1 Å². The van der Waals surface area contributed by atoms with Gasteiger partial charge in [-0.05, 0) is 32.0 Å². The fourth-order valence-corrected chi connectivity index (χ4v) is 2.79. The third-order valence-corrected chi connectivity index (χ3v) is 3.95. The van der Waals surface area contributed by atoms with E-state index in [4.69, 9.17) is 9.47 Å². The minimum absolute atomic E-state index is 0.183. The summed E-state index contributed by atoms with van der Waals surface area (Å²) < 4.78 is 10.3. The van der Waals surface area contributed by atoms with E-state index in [2.05, 4.69) is 15.6 Å². The molecule has 2 heterocycles. The average molecular weight is 333 g/mol. The second-order valence-corrected chi connectivity index (χ2v) is 5.70. The minimum atomic E-state index is -0.534. The number of hydrogen-bond acceptors (Lipinski definition) is 6. The molecule has 0 spiro atoms. The summed E-state index contributed by atoms with van der Waals surface area (Å²) in [6.45, 7) is 3.73. The molecule has 3 rings (SSSR count). The molecular weight excluding hydrogens is 318 g/mol. The predicted octanol–water partition coefficient (Wildman–Crippen LogP) is 3.10. The van der Waals surface area contributed by atoms with Crippen LogP contribution in [0.4, 0.5) is 15.6 Å². The zero-order valence-corrected chi connectivity index (χ0v) is 13.4. The molecule has 8 heteroatoms. The average Bonchev–Trinajstić information content (AvgIpc) is 2.96. The second-order valence-electron chi connectivity index (χ2n) is 4.84. The van der Waals surface area contributed by atoms with Crippen LogP contribution in [0, 0.1) is 0 Å². The normalized spacial score (nSPS) is 16.1. The summed E-state index contributed by atoms with van der Waals surface area (Å²) in [5.41, 5.74) is 2.12. The summed E-state index contributed by atoms with van der Waals surface area (Å²) in [7, 11) is 0. The number of carbonyl (C=O) groups is 2. The van der Waals surface area contributed by atoms with Crippen molar-refractivity contribution in [1.82, 2.24) is 4.98 Å². The summed E-state index contributed by atoms with van der Waals surface area (Å²) in [6, 6.07) is 5.44. The Morgan fingerprint density at radius 2 is 2.35 bits per heavy atom. The lowest BCUT2D eigenvalue weighted by Gasteiger charge is -2.23. The van der Waals surface area contributed by atoms with Crippen molar-refractivity contribution in [2.75, 3.05) is 17.2 Å². The van der Waals surface area contributed by atoms with Gasteiger partial charge in [0, 0.05) is 10.9 Å². The molecule has 1 aromatic heterocycles. The predicted molar refractivity (Wildman–Crippen MR) is 86.9 cm³/mol. The van der Waals surface area contributed by atoms with Crippen molar-refractivity contribution in [2.45, 2.75) is 20.0 Å². The molecule has 1 atom stereocenters. The van der Waals surface area contributed by atoms with E-state index in [0.29, 0.717) is 28.9 Å². The summed E-state index contributed by atoms with van der Waals surface area (Å²) in [5.74, 6) is 0.443. The van der Waals surface area contributed by atoms with Crippen LogP contribution >= 0.6 is 11.3 Å². The first-order valence-electron chi connectivity index (χ1n) is 7.08. The lowest BCUT2D eigenvalue weighted by molar-refractivity contribution is -0.122. The molecule has 0 aliphatic carbocycles. The van der Waals surface area contributed by atoms with Crippen LogP contribution in [0.2, 0.25) is 0 Å². The van der Waals surface area contributed by atoms with Gasteiger partial charge >= 0.3 is 6.09 Å². The first-order chi connectivity index (χ1) is 11.1. The molecule has 1 aliphatic heterocycles. The monoisotopic (exact) mass is 333 g/mol. The number of rotatable bonds is 3. The minimum Gasteiger partial charge on any atom is -0.479 e. The van der Waals surface area contributed by atoms with Gasteiger partial charge in [-0.2, -0.15) is 0 Å². The maximum Gasteiger partial charge on any atom is 0.413 e. The van der Waals surface area contributed by atoms with Crippen LogP contribution in [0.5, 0.6) is 5.75 Å². The van der Waals surface area contributed by atoms with Crippen LogP contribution in [-0.4, -0.2) is 29.7 Å². The van der Waals surface area contributed by atoms with E-state index in [1.165, 1.54) is 11.3 Å². The maximum atomic E-state index is 11.7. The van der Waals surface area contributed by atoms with Crippen LogP contribution in [0.1, 0.15) is 13.8 Å². The molecule has 0 radical (unpaired) electrons. The number of aromatic nitrogens is 1. The number of thiazole rings is 1. The molecule has 2 amide bonds. The molecule has 1 aromatic carbocycles. The Hall–Kier alpha value is -2.61. The third-order valence-electron chi connectivity index (χ3n) is 3.19. The van der Waals surface area contributed by atoms with E-state index in [-0.39, 0.29) is 5.91 Å². The van der Waals surface area contributed by atoms with Gasteiger partial charge in [-0.3, -0.25) is 10.1 Å². The smallest absolute Gasteiger partial charge is 0.413 e. The number of carbonyl (C=O) groups excluding carboxylic acids is 2. The van der Waals surface area contributed by atoms with Crippen molar-refractivity contribution in [3.05, 3.63) is 23.6 Å². The number of benzene rings is 1. The van der Waals surface area contributed by atoms with Gasteiger partial charge in [-0.1, -0.05) is 0 Å². The van der Waals surface area contributed by atoms with Gasteiger partial charge in [0.05, 0.1) is 18.0 Å². The van der Waals surface area contributed by atoms with E-state index < -0.39 is 12.2 Å². The molecule has 120 valence electrons. The molecule has 2 N–H and O–H groups in total. The SMILES string of the molecule is CCOC(=O)Nc1nc(-c2ccc3c(c2)NC(=O)C(C)O3)cs1. The van der Waals surface area contributed by atoms with E-state index >= 15 is 0 Å². The van der Waals surface area contributed by atoms with Gasteiger partial charge in [0.2, 0.25) is 0 Å². The van der Waals surface area contributed by atoms with Gasteiger partial charge in [0.15, 0.2) is 11.2 Å². The highest BCUT2D eigenvalue weighted by Crippen LogP contribution is 2.34. The molecule has 23 heavy (non-hydrogen) atoms. The molecule has 0 fully saturated rings. The molecule has 1 aliphatic rings. The van der Waals surface area contributed by atoms with Crippen LogP contribution < -0.4 is 15.4 Å². The summed E-state index contributed by atoms with van der Waals surface area (Å²) in [6.07, 6.45) is -1.04. The van der Waals surface area contributed by atoms with Gasteiger partial charge in [-0.25, -0.2) is 9.78 Å². The van der Waals surface area contributed by atoms with E-state index in [0.717, 1.165) is 5.56 Å². The molecule has 1 unspecified atom stereocenters. The summed E-state index contributed by atoms with van der Waals surface area (Å²) in [4.78, 5) is 27.4. The van der Waals surface area contributed by atoms with Crippen molar-refractivity contribution in [1.29, 1.82) is 0 Å². The Morgan fingerprint density at radius 3 is 3.13 bits per heavy atom. The number of hydrogen-bond donors (Lipinski definition) is 2. The summed E-state index contributed by atoms with van der Waals surface area (Å²) in [5, 5.41) is 7.62. The number of nitrogens with one attached hydrogen (secondary N) is 2. The second kappa shape index (κ2) is 6.25. The molecule has 0 saturated heterocycles. The van der Waals surface area contributed by atoms with Crippen LogP contribution in [0.25, 0.3) is 11.3 Å². The fourth-order valence-electron chi connectivity index (χ4n) is 2.09. The van der Waals surface area contributed by atoms with E-state index in [1.54, 1.807) is 26.0 Å². The van der Waals surface area contributed by atoms with Crippen LogP contribution in [-0.2, 0) is 9.53 Å². The third kappa shape index (κ3) is 3.26. The van der Waals surface area contributed by atoms with Crippen molar-refractivity contribution in [2.24, 2.45) is 0 Å². The summed E-state index contributed by atoms with van der Waals surface area (Å²) >= 11 is 1.30. The van der Waals surface area contributed by atoms with E-state index in [9.17, 15) is 9.59 Å². The van der Waals surface area contributed by atoms with Gasteiger partial charge in [0.1, 0.15) is 5.75 Å².